The van der Waals surface area contributed by atoms with E-state index in [4.69, 9.17) is 0 Å². The maximum absolute atomic E-state index is 2.47. The lowest BCUT2D eigenvalue weighted by molar-refractivity contribution is 0.820. The Hall–Kier alpha value is -7.72. The molecule has 2 heterocycles. The van der Waals surface area contributed by atoms with Gasteiger partial charge < -0.3 is 9.80 Å². The highest BCUT2D eigenvalue weighted by Crippen LogP contribution is 2.52. The minimum absolute atomic E-state index is 0.311. The zero-order valence-corrected chi connectivity index (χ0v) is 35.4. The van der Waals surface area contributed by atoms with Crippen molar-refractivity contribution in [2.75, 3.05) is 9.80 Å². The van der Waals surface area contributed by atoms with Gasteiger partial charge in [0, 0.05) is 60.2 Å². The molecule has 2 nitrogen and oxygen atoms in total. The van der Waals surface area contributed by atoms with Gasteiger partial charge in [0.1, 0.15) is 0 Å². The molecule has 0 radical (unpaired) electrons. The molecule has 298 valence electrons. The Morgan fingerprint density at radius 2 is 0.889 bits per heavy atom. The molecule has 0 N–H and O–H groups in total. The first-order valence-corrected chi connectivity index (χ1v) is 22.6. The zero-order valence-electron chi connectivity index (χ0n) is 34.6. The smallest absolute Gasteiger partial charge is 0.0497 e. The Labute approximate surface area is 372 Å². The highest BCUT2D eigenvalue weighted by molar-refractivity contribution is 7.25. The van der Waals surface area contributed by atoms with Crippen molar-refractivity contribution in [1.29, 1.82) is 0 Å². The van der Waals surface area contributed by atoms with Crippen molar-refractivity contribution in [3.8, 4) is 44.5 Å². The Morgan fingerprint density at radius 3 is 1.51 bits per heavy atom. The van der Waals surface area contributed by atoms with Crippen molar-refractivity contribution in [2.45, 2.75) is 12.3 Å². The number of thiophene rings is 1. The van der Waals surface area contributed by atoms with Gasteiger partial charge in [-0.05, 0) is 141 Å². The van der Waals surface area contributed by atoms with Gasteiger partial charge in [0.2, 0.25) is 0 Å². The molecule has 1 aliphatic heterocycles. The fourth-order valence-corrected chi connectivity index (χ4v) is 10.7. The lowest BCUT2D eigenvalue weighted by Gasteiger charge is -2.26. The molecule has 0 fully saturated rings. The molecule has 63 heavy (non-hydrogen) atoms. The predicted molar refractivity (Wildman–Crippen MR) is 269 cm³/mol. The minimum Gasteiger partial charge on any atom is -0.313 e. The van der Waals surface area contributed by atoms with E-state index in [1.807, 2.05) is 11.3 Å². The molecular weight excluding hydrogens is 781 g/mol. The second kappa shape index (κ2) is 15.6. The summed E-state index contributed by atoms with van der Waals surface area (Å²) < 4.78 is 2.67. The van der Waals surface area contributed by atoms with E-state index in [-0.39, 0.29) is 0 Å². The van der Waals surface area contributed by atoms with Gasteiger partial charge in [-0.1, -0.05) is 152 Å². The fraction of sp³-hybridized carbons (Fsp3) is 0.0333. The summed E-state index contributed by atoms with van der Waals surface area (Å²) in [6.07, 6.45) is 7.82. The van der Waals surface area contributed by atoms with E-state index in [9.17, 15) is 0 Å². The molecule has 0 saturated carbocycles. The third kappa shape index (κ3) is 6.75. The van der Waals surface area contributed by atoms with Gasteiger partial charge >= 0.3 is 0 Å². The van der Waals surface area contributed by atoms with E-state index in [1.54, 1.807) is 0 Å². The summed E-state index contributed by atoms with van der Waals surface area (Å²) in [6.45, 7) is 0. The number of rotatable bonds is 8. The molecule has 0 amide bonds. The third-order valence-electron chi connectivity index (χ3n) is 12.8. The molecule has 0 spiro atoms. The number of nitrogens with zero attached hydrogens (tertiary/aromatic N) is 2. The van der Waals surface area contributed by atoms with Crippen LogP contribution in [0.3, 0.4) is 0 Å². The number of hydrogen-bond donors (Lipinski definition) is 0. The molecule has 0 bridgehead atoms. The van der Waals surface area contributed by atoms with E-state index in [1.165, 1.54) is 87.3 Å². The van der Waals surface area contributed by atoms with Crippen LogP contribution in [0, 0.1) is 0 Å². The molecule has 1 aromatic heterocycles. The molecule has 9 aromatic carbocycles. The number of anilines is 5. The van der Waals surface area contributed by atoms with Crippen LogP contribution >= 0.6 is 11.3 Å². The van der Waals surface area contributed by atoms with Crippen LogP contribution in [0.2, 0.25) is 0 Å². The summed E-state index contributed by atoms with van der Waals surface area (Å²) in [5.74, 6) is 0.311. The average molecular weight is 823 g/mol. The van der Waals surface area contributed by atoms with Crippen LogP contribution in [-0.4, -0.2) is 0 Å². The molecule has 1 aliphatic carbocycles. The summed E-state index contributed by atoms with van der Waals surface area (Å²) in [6, 6.07) is 79.9. The number of benzene rings is 9. The Kier molecular flexibility index (Phi) is 9.20. The van der Waals surface area contributed by atoms with E-state index in [0.717, 1.165) is 23.5 Å². The quantitative estimate of drug-likeness (QED) is 0.151. The lowest BCUT2D eigenvalue weighted by Crippen LogP contribution is -2.14. The molecule has 10 aromatic rings. The van der Waals surface area contributed by atoms with Crippen LogP contribution in [0.25, 0.3) is 64.7 Å². The Balaban J connectivity index is 0.855. The summed E-state index contributed by atoms with van der Waals surface area (Å²) in [5, 5.41) is 2.67. The van der Waals surface area contributed by atoms with Crippen molar-refractivity contribution in [2.24, 2.45) is 0 Å². The van der Waals surface area contributed by atoms with E-state index < -0.39 is 0 Å². The van der Waals surface area contributed by atoms with Crippen LogP contribution in [0.15, 0.2) is 242 Å². The highest BCUT2D eigenvalue weighted by Gasteiger charge is 2.35. The van der Waals surface area contributed by atoms with Crippen molar-refractivity contribution in [3.05, 3.63) is 248 Å². The van der Waals surface area contributed by atoms with Crippen molar-refractivity contribution < 1.29 is 0 Å². The number of fused-ring (bicyclic) bond motifs is 6. The summed E-state index contributed by atoms with van der Waals surface area (Å²) in [7, 11) is 0. The van der Waals surface area contributed by atoms with Gasteiger partial charge in [0.15, 0.2) is 0 Å². The SMILES string of the molecule is C1=CCC2C(=C1)N(c1ccc(-c3ccc4sc5ccccc5c4c3)cc1)c1ccc(-c3ccc(N(c4ccc(-c5ccccc5)cc4)c4ccc(-c5ccccc5)cc4)cc3)cc12. The van der Waals surface area contributed by atoms with Crippen LogP contribution in [0.4, 0.5) is 28.4 Å². The van der Waals surface area contributed by atoms with Gasteiger partial charge in [0.25, 0.3) is 0 Å². The first-order chi connectivity index (χ1) is 31.2. The molecule has 2 aliphatic rings. The summed E-state index contributed by atoms with van der Waals surface area (Å²) in [5.41, 5.74) is 18.3. The highest BCUT2D eigenvalue weighted by atomic mass is 32.1. The fourth-order valence-electron chi connectivity index (χ4n) is 9.60. The van der Waals surface area contributed by atoms with Gasteiger partial charge in [-0.2, -0.15) is 0 Å². The van der Waals surface area contributed by atoms with Gasteiger partial charge in [-0.25, -0.2) is 0 Å². The second-order valence-corrected chi connectivity index (χ2v) is 17.6. The van der Waals surface area contributed by atoms with Crippen LogP contribution in [-0.2, 0) is 0 Å². The molecule has 0 saturated heterocycles. The Bertz CT molecular complexity index is 3240. The standard InChI is InChI=1S/C60H42N2S/c1-3-11-41(12-4-1)43-19-29-49(30-20-43)61(50-31-21-44(22-32-50)42-13-5-2-6-14-42)51-33-23-45(24-34-51)47-27-37-58-55(39-47)53-15-7-9-17-57(53)62(58)52-35-25-46(26-36-52)48-28-38-60-56(40-48)54-16-8-10-18-59(54)63-60/h1-14,16-40,53H,15H2. The van der Waals surface area contributed by atoms with E-state index >= 15 is 0 Å². The molecule has 12 rings (SSSR count). The molecule has 1 unspecified atom stereocenters. The van der Waals surface area contributed by atoms with Crippen molar-refractivity contribution >= 4 is 59.9 Å². The number of hydrogen-bond acceptors (Lipinski definition) is 3. The van der Waals surface area contributed by atoms with E-state index in [0.29, 0.717) is 5.92 Å². The zero-order chi connectivity index (χ0) is 41.7. The second-order valence-electron chi connectivity index (χ2n) is 16.5. The predicted octanol–water partition coefficient (Wildman–Crippen LogP) is 17.3. The first-order valence-electron chi connectivity index (χ1n) is 21.8. The summed E-state index contributed by atoms with van der Waals surface area (Å²) >= 11 is 1.87. The largest absolute Gasteiger partial charge is 0.313 e. The monoisotopic (exact) mass is 822 g/mol. The van der Waals surface area contributed by atoms with Gasteiger partial charge in [-0.15, -0.1) is 11.3 Å². The third-order valence-corrected chi connectivity index (χ3v) is 13.9. The van der Waals surface area contributed by atoms with Gasteiger partial charge in [-0.3, -0.25) is 0 Å². The normalized spacial score (nSPS) is 14.1. The van der Waals surface area contributed by atoms with Gasteiger partial charge in [0.05, 0.1) is 0 Å². The first kappa shape index (κ1) is 37.1. The summed E-state index contributed by atoms with van der Waals surface area (Å²) in [4.78, 5) is 4.83. The maximum Gasteiger partial charge on any atom is 0.0497 e. The van der Waals surface area contributed by atoms with E-state index in [2.05, 4.69) is 246 Å². The van der Waals surface area contributed by atoms with Crippen LogP contribution < -0.4 is 9.80 Å². The Morgan fingerprint density at radius 1 is 0.413 bits per heavy atom. The molecular formula is C60H42N2S. The van der Waals surface area contributed by atoms with Crippen LogP contribution in [0.5, 0.6) is 0 Å². The average Bonchev–Trinajstić information content (AvgIpc) is 3.90. The topological polar surface area (TPSA) is 6.48 Å². The van der Waals surface area contributed by atoms with Crippen LogP contribution in [0.1, 0.15) is 17.9 Å². The molecule has 1 atom stereocenters. The van der Waals surface area contributed by atoms with Crippen molar-refractivity contribution in [3.63, 3.8) is 0 Å². The molecule has 3 heteroatoms. The van der Waals surface area contributed by atoms with Crippen molar-refractivity contribution in [1.82, 2.24) is 0 Å². The lowest BCUT2D eigenvalue weighted by atomic mass is 9.90. The minimum atomic E-state index is 0.311. The number of allylic oxidation sites excluding steroid dienone is 4. The maximum atomic E-state index is 2.47.